The Bertz CT molecular complexity index is 208. The first-order valence-electron chi connectivity index (χ1n) is 6.03. The molecule has 88 valence electrons. The number of carbonyl (C=O) groups excluding carboxylic acids is 1. The molecule has 3 heteroatoms. The van der Waals surface area contributed by atoms with Crippen LogP contribution in [-0.2, 0) is 4.79 Å². The van der Waals surface area contributed by atoms with Crippen LogP contribution in [-0.4, -0.2) is 18.0 Å². The monoisotopic (exact) mass is 212 g/mol. The van der Waals surface area contributed by atoms with Gasteiger partial charge in [0, 0.05) is 12.0 Å². The molecule has 1 aliphatic carbocycles. The Morgan fingerprint density at radius 2 is 1.93 bits per heavy atom. The molecule has 0 spiro atoms. The highest BCUT2D eigenvalue weighted by Gasteiger charge is 2.22. The van der Waals surface area contributed by atoms with Gasteiger partial charge >= 0.3 is 0 Å². The van der Waals surface area contributed by atoms with E-state index in [0.29, 0.717) is 6.42 Å². The second kappa shape index (κ2) is 5.50. The molecule has 0 unspecified atom stereocenters. The zero-order chi connectivity index (χ0) is 11.3. The summed E-state index contributed by atoms with van der Waals surface area (Å²) in [7, 11) is 0. The van der Waals surface area contributed by atoms with E-state index in [1.807, 2.05) is 13.8 Å². The highest BCUT2D eigenvalue weighted by Crippen LogP contribution is 2.23. The fraction of sp³-hybridized carbons (Fsp3) is 0.917. The lowest BCUT2D eigenvalue weighted by Gasteiger charge is -2.29. The number of rotatable bonds is 5. The third-order valence-corrected chi connectivity index (χ3v) is 3.21. The van der Waals surface area contributed by atoms with Crippen LogP contribution >= 0.6 is 0 Å². The molecule has 0 aromatic heterocycles. The molecule has 1 rings (SSSR count). The summed E-state index contributed by atoms with van der Waals surface area (Å²) in [5.74, 6) is 0.571. The third kappa shape index (κ3) is 5.17. The van der Waals surface area contributed by atoms with Crippen LogP contribution < -0.4 is 11.1 Å². The fourth-order valence-electron chi connectivity index (χ4n) is 2.31. The topological polar surface area (TPSA) is 55.1 Å². The maximum Gasteiger partial charge on any atom is 0.219 e. The van der Waals surface area contributed by atoms with Crippen LogP contribution in [0.5, 0.6) is 0 Å². The van der Waals surface area contributed by atoms with Crippen molar-refractivity contribution in [2.75, 3.05) is 6.54 Å². The van der Waals surface area contributed by atoms with Crippen LogP contribution in [0.4, 0.5) is 0 Å². The van der Waals surface area contributed by atoms with E-state index in [1.165, 1.54) is 32.1 Å². The molecule has 0 radical (unpaired) electrons. The van der Waals surface area contributed by atoms with E-state index in [2.05, 4.69) is 5.32 Å². The van der Waals surface area contributed by atoms with Crippen LogP contribution in [0.3, 0.4) is 0 Å². The maximum absolute atomic E-state index is 10.8. The Hall–Kier alpha value is -0.570. The highest BCUT2D eigenvalue weighted by molar-refractivity contribution is 5.74. The molecule has 0 bridgehead atoms. The van der Waals surface area contributed by atoms with Crippen molar-refractivity contribution in [2.24, 2.45) is 11.7 Å². The van der Waals surface area contributed by atoms with Crippen LogP contribution in [0.2, 0.25) is 0 Å². The van der Waals surface area contributed by atoms with E-state index in [0.717, 1.165) is 12.5 Å². The van der Waals surface area contributed by atoms with Crippen LogP contribution in [0.25, 0.3) is 0 Å². The number of amides is 1. The molecule has 0 aromatic carbocycles. The van der Waals surface area contributed by atoms with Gasteiger partial charge in [-0.1, -0.05) is 19.3 Å². The van der Waals surface area contributed by atoms with Gasteiger partial charge in [0.2, 0.25) is 5.91 Å². The number of nitrogens with two attached hydrogens (primary N) is 1. The van der Waals surface area contributed by atoms with Gasteiger partial charge < -0.3 is 11.1 Å². The van der Waals surface area contributed by atoms with Crippen molar-refractivity contribution in [3.05, 3.63) is 0 Å². The summed E-state index contributed by atoms with van der Waals surface area (Å²) in [5.41, 5.74) is 5.06. The SMILES string of the molecule is CC(C)(CC(N)=O)NCC1CCCCC1. The van der Waals surface area contributed by atoms with Gasteiger partial charge in [-0.05, 0) is 39.2 Å². The lowest BCUT2D eigenvalue weighted by atomic mass is 9.88. The van der Waals surface area contributed by atoms with E-state index in [4.69, 9.17) is 5.73 Å². The molecule has 1 amide bonds. The van der Waals surface area contributed by atoms with Crippen molar-refractivity contribution >= 4 is 5.91 Å². The quantitative estimate of drug-likeness (QED) is 0.730. The molecule has 1 fully saturated rings. The van der Waals surface area contributed by atoms with Crippen molar-refractivity contribution in [3.8, 4) is 0 Å². The van der Waals surface area contributed by atoms with Gasteiger partial charge in [-0.25, -0.2) is 0 Å². The van der Waals surface area contributed by atoms with Crippen LogP contribution in [0, 0.1) is 5.92 Å². The van der Waals surface area contributed by atoms with Crippen molar-refractivity contribution in [1.29, 1.82) is 0 Å². The zero-order valence-electron chi connectivity index (χ0n) is 10.0. The molecule has 0 atom stereocenters. The lowest BCUT2D eigenvalue weighted by Crippen LogP contribution is -2.45. The van der Waals surface area contributed by atoms with E-state index in [9.17, 15) is 4.79 Å². The van der Waals surface area contributed by atoms with Crippen LogP contribution in [0.15, 0.2) is 0 Å². The average Bonchev–Trinajstić information content (AvgIpc) is 2.15. The summed E-state index contributed by atoms with van der Waals surface area (Å²) in [6.07, 6.45) is 7.20. The second-order valence-corrected chi connectivity index (χ2v) is 5.41. The van der Waals surface area contributed by atoms with Crippen molar-refractivity contribution in [1.82, 2.24) is 5.32 Å². The maximum atomic E-state index is 10.8. The van der Waals surface area contributed by atoms with Gasteiger partial charge in [-0.2, -0.15) is 0 Å². The van der Waals surface area contributed by atoms with E-state index in [1.54, 1.807) is 0 Å². The van der Waals surface area contributed by atoms with Gasteiger partial charge in [0.15, 0.2) is 0 Å². The van der Waals surface area contributed by atoms with Crippen molar-refractivity contribution in [3.63, 3.8) is 0 Å². The molecule has 3 N–H and O–H groups in total. The van der Waals surface area contributed by atoms with E-state index < -0.39 is 0 Å². The molecular formula is C12H24N2O. The third-order valence-electron chi connectivity index (χ3n) is 3.21. The molecule has 1 saturated carbocycles. The lowest BCUT2D eigenvalue weighted by molar-refractivity contribution is -0.119. The van der Waals surface area contributed by atoms with Crippen molar-refractivity contribution < 1.29 is 4.79 Å². The highest BCUT2D eigenvalue weighted by atomic mass is 16.1. The molecule has 0 aromatic rings. The number of nitrogens with one attached hydrogen (secondary N) is 1. The predicted molar refractivity (Wildman–Crippen MR) is 62.5 cm³/mol. The number of hydrogen-bond donors (Lipinski definition) is 2. The Labute approximate surface area is 92.8 Å². The zero-order valence-corrected chi connectivity index (χ0v) is 10.0. The van der Waals surface area contributed by atoms with Gasteiger partial charge in [0.05, 0.1) is 0 Å². The minimum atomic E-state index is -0.226. The molecule has 1 aliphatic rings. The standard InChI is InChI=1S/C12H24N2O/c1-12(2,8-11(13)15)14-9-10-6-4-3-5-7-10/h10,14H,3-9H2,1-2H3,(H2,13,15). The number of carbonyl (C=O) groups is 1. The van der Waals surface area contributed by atoms with E-state index >= 15 is 0 Å². The Balaban J connectivity index is 2.24. The van der Waals surface area contributed by atoms with Gasteiger partial charge in [0.1, 0.15) is 0 Å². The molecule has 0 aliphatic heterocycles. The molecule has 3 nitrogen and oxygen atoms in total. The first-order valence-corrected chi connectivity index (χ1v) is 6.03. The summed E-state index contributed by atoms with van der Waals surface area (Å²) < 4.78 is 0. The van der Waals surface area contributed by atoms with Gasteiger partial charge in [-0.3, -0.25) is 4.79 Å². The number of primary amides is 1. The minimum absolute atomic E-state index is 0.150. The van der Waals surface area contributed by atoms with Gasteiger partial charge in [-0.15, -0.1) is 0 Å². The predicted octanol–water partition coefficient (Wildman–Crippen LogP) is 1.81. The Morgan fingerprint density at radius 1 is 1.33 bits per heavy atom. The summed E-state index contributed by atoms with van der Waals surface area (Å²) in [6, 6.07) is 0. The normalized spacial score (nSPS) is 19.1. The largest absolute Gasteiger partial charge is 0.370 e. The summed E-state index contributed by atoms with van der Waals surface area (Å²) in [6.45, 7) is 5.11. The average molecular weight is 212 g/mol. The molecule has 0 saturated heterocycles. The summed E-state index contributed by atoms with van der Waals surface area (Å²) in [4.78, 5) is 10.8. The minimum Gasteiger partial charge on any atom is -0.370 e. The second-order valence-electron chi connectivity index (χ2n) is 5.41. The fourth-order valence-corrected chi connectivity index (χ4v) is 2.31. The van der Waals surface area contributed by atoms with E-state index in [-0.39, 0.29) is 11.4 Å². The smallest absolute Gasteiger partial charge is 0.219 e. The van der Waals surface area contributed by atoms with Crippen molar-refractivity contribution in [2.45, 2.75) is 57.9 Å². The summed E-state index contributed by atoms with van der Waals surface area (Å²) in [5, 5.41) is 3.46. The first kappa shape index (κ1) is 12.5. The van der Waals surface area contributed by atoms with Crippen LogP contribution in [0.1, 0.15) is 52.4 Å². The van der Waals surface area contributed by atoms with Gasteiger partial charge in [0.25, 0.3) is 0 Å². The first-order chi connectivity index (χ1) is 6.99. The summed E-state index contributed by atoms with van der Waals surface area (Å²) >= 11 is 0. The Kier molecular flexibility index (Phi) is 4.58. The molecule has 0 heterocycles. The molecule has 15 heavy (non-hydrogen) atoms. The number of hydrogen-bond acceptors (Lipinski definition) is 2. The Morgan fingerprint density at radius 3 is 2.47 bits per heavy atom. The molecular weight excluding hydrogens is 188 g/mol.